The van der Waals surface area contributed by atoms with Gasteiger partial charge in [0.25, 0.3) is 5.69 Å². The van der Waals surface area contributed by atoms with Gasteiger partial charge in [-0.15, -0.1) is 11.3 Å². The number of hydrogen-bond acceptors (Lipinski definition) is 4. The molecule has 2 aromatic rings. The fraction of sp³-hybridized carbons (Fsp3) is 0.167. The zero-order chi connectivity index (χ0) is 13.8. The van der Waals surface area contributed by atoms with Crippen molar-refractivity contribution >= 4 is 48.9 Å². The Morgan fingerprint density at radius 2 is 2.16 bits per heavy atom. The maximum Gasteiger partial charge on any atom is 0.270 e. The number of nitro groups is 1. The van der Waals surface area contributed by atoms with Gasteiger partial charge in [-0.3, -0.25) is 10.1 Å². The molecule has 0 saturated carbocycles. The van der Waals surface area contributed by atoms with Crippen LogP contribution in [0.3, 0.4) is 0 Å². The van der Waals surface area contributed by atoms with Gasteiger partial charge in [0.1, 0.15) is 12.4 Å². The molecule has 0 radical (unpaired) electrons. The molecule has 19 heavy (non-hydrogen) atoms. The Hall–Kier alpha value is -0.920. The van der Waals surface area contributed by atoms with Crippen LogP contribution in [0.5, 0.6) is 5.75 Å². The number of benzene rings is 1. The molecule has 0 aliphatic heterocycles. The molecule has 4 nitrogen and oxygen atoms in total. The third-order valence-electron chi connectivity index (χ3n) is 2.39. The number of halogens is 2. The van der Waals surface area contributed by atoms with Gasteiger partial charge < -0.3 is 4.74 Å². The van der Waals surface area contributed by atoms with Crippen LogP contribution < -0.4 is 4.74 Å². The van der Waals surface area contributed by atoms with E-state index in [0.717, 1.165) is 14.9 Å². The van der Waals surface area contributed by atoms with E-state index in [1.807, 2.05) is 11.4 Å². The van der Waals surface area contributed by atoms with E-state index >= 15 is 0 Å². The summed E-state index contributed by atoms with van der Waals surface area (Å²) >= 11 is 8.30. The first-order valence-corrected chi connectivity index (χ1v) is 8.08. The Kier molecular flexibility index (Phi) is 4.95. The quantitative estimate of drug-likeness (QED) is 0.403. The molecular weight excluding hydrogens is 398 g/mol. The van der Waals surface area contributed by atoms with Gasteiger partial charge in [0.15, 0.2) is 0 Å². The molecule has 0 bridgehead atoms. The van der Waals surface area contributed by atoms with Crippen LogP contribution in [0.2, 0.25) is 0 Å². The minimum absolute atomic E-state index is 0.0701. The summed E-state index contributed by atoms with van der Waals surface area (Å²) < 4.78 is 6.73. The normalized spacial score (nSPS) is 10.4. The zero-order valence-electron chi connectivity index (χ0n) is 9.64. The fourth-order valence-corrected chi connectivity index (χ4v) is 3.30. The summed E-state index contributed by atoms with van der Waals surface area (Å²) in [5, 5.41) is 13.2. The van der Waals surface area contributed by atoms with E-state index in [1.165, 1.54) is 12.1 Å². The summed E-state index contributed by atoms with van der Waals surface area (Å²) in [6.07, 6.45) is 0. The Morgan fingerprint density at radius 3 is 2.74 bits per heavy atom. The summed E-state index contributed by atoms with van der Waals surface area (Å²) in [6.45, 7) is 0.452. The second-order valence-corrected chi connectivity index (χ2v) is 6.17. The van der Waals surface area contributed by atoms with Crippen LogP contribution in [-0.4, -0.2) is 4.92 Å². The van der Waals surface area contributed by atoms with E-state index < -0.39 is 4.92 Å². The summed E-state index contributed by atoms with van der Waals surface area (Å²) in [6, 6.07) is 6.60. The van der Waals surface area contributed by atoms with Crippen molar-refractivity contribution in [3.8, 4) is 5.75 Å². The number of ether oxygens (including phenoxy) is 1. The van der Waals surface area contributed by atoms with Crippen LogP contribution >= 0.6 is 43.2 Å². The minimum Gasteiger partial charge on any atom is -0.488 e. The SMILES string of the molecule is O=[N+]([O-])c1ccc(OCc2cc(Br)cs2)c(CBr)c1. The Morgan fingerprint density at radius 1 is 1.37 bits per heavy atom. The summed E-state index contributed by atoms with van der Waals surface area (Å²) in [5.41, 5.74) is 0.838. The molecule has 0 saturated heterocycles. The van der Waals surface area contributed by atoms with E-state index in [-0.39, 0.29) is 5.69 Å². The monoisotopic (exact) mass is 405 g/mol. The molecule has 0 atom stereocenters. The van der Waals surface area contributed by atoms with Crippen LogP contribution in [0, 0.1) is 10.1 Å². The van der Waals surface area contributed by atoms with E-state index in [4.69, 9.17) is 4.74 Å². The molecule has 0 fully saturated rings. The van der Waals surface area contributed by atoms with Crippen molar-refractivity contribution in [2.24, 2.45) is 0 Å². The number of non-ortho nitro benzene ring substituents is 1. The standard InChI is InChI=1S/C12H9Br2NO3S/c13-5-8-3-10(15(16)17)1-2-12(8)18-6-11-4-9(14)7-19-11/h1-4,7H,5-6H2. The van der Waals surface area contributed by atoms with E-state index in [0.29, 0.717) is 17.7 Å². The van der Waals surface area contributed by atoms with Crippen molar-refractivity contribution in [1.29, 1.82) is 0 Å². The molecular formula is C12H9Br2NO3S. The Bertz CT molecular complexity index is 600. The molecule has 0 aliphatic carbocycles. The van der Waals surface area contributed by atoms with Crippen molar-refractivity contribution in [3.63, 3.8) is 0 Å². The highest BCUT2D eigenvalue weighted by molar-refractivity contribution is 9.10. The van der Waals surface area contributed by atoms with Crippen molar-refractivity contribution < 1.29 is 9.66 Å². The van der Waals surface area contributed by atoms with Crippen molar-refractivity contribution in [2.75, 3.05) is 0 Å². The molecule has 0 amide bonds. The molecule has 1 heterocycles. The summed E-state index contributed by atoms with van der Waals surface area (Å²) in [5.74, 6) is 0.659. The zero-order valence-corrected chi connectivity index (χ0v) is 13.6. The van der Waals surface area contributed by atoms with Gasteiger partial charge >= 0.3 is 0 Å². The predicted molar refractivity (Wildman–Crippen MR) is 82.1 cm³/mol. The second kappa shape index (κ2) is 6.49. The van der Waals surface area contributed by atoms with Gasteiger partial charge in [0.2, 0.25) is 0 Å². The first-order valence-electron chi connectivity index (χ1n) is 5.29. The van der Waals surface area contributed by atoms with E-state index in [1.54, 1.807) is 17.4 Å². The fourth-order valence-electron chi connectivity index (χ4n) is 1.50. The van der Waals surface area contributed by atoms with Crippen molar-refractivity contribution in [3.05, 3.63) is 54.7 Å². The highest BCUT2D eigenvalue weighted by atomic mass is 79.9. The minimum atomic E-state index is -0.410. The van der Waals surface area contributed by atoms with Crippen LogP contribution in [0.25, 0.3) is 0 Å². The Balaban J connectivity index is 2.13. The lowest BCUT2D eigenvalue weighted by Crippen LogP contribution is -1.97. The lowest BCUT2D eigenvalue weighted by molar-refractivity contribution is -0.384. The summed E-state index contributed by atoms with van der Waals surface area (Å²) in [4.78, 5) is 11.4. The molecule has 0 spiro atoms. The van der Waals surface area contributed by atoms with Gasteiger partial charge in [-0.2, -0.15) is 0 Å². The first-order chi connectivity index (χ1) is 9.10. The highest BCUT2D eigenvalue weighted by Crippen LogP contribution is 2.28. The van der Waals surface area contributed by atoms with Crippen molar-refractivity contribution in [1.82, 2.24) is 0 Å². The average molecular weight is 407 g/mol. The number of nitrogens with zero attached hydrogens (tertiary/aromatic N) is 1. The van der Waals surface area contributed by atoms with Crippen LogP contribution in [0.4, 0.5) is 5.69 Å². The van der Waals surface area contributed by atoms with Crippen molar-refractivity contribution in [2.45, 2.75) is 11.9 Å². The molecule has 100 valence electrons. The lowest BCUT2D eigenvalue weighted by Gasteiger charge is -2.08. The van der Waals surface area contributed by atoms with Gasteiger partial charge in [-0.1, -0.05) is 15.9 Å². The highest BCUT2D eigenvalue weighted by Gasteiger charge is 2.11. The molecule has 1 aromatic carbocycles. The second-order valence-electron chi connectivity index (χ2n) is 3.70. The van der Waals surface area contributed by atoms with Crippen LogP contribution in [0.1, 0.15) is 10.4 Å². The Labute approximate surface area is 130 Å². The molecule has 0 aliphatic rings. The van der Waals surface area contributed by atoms with Crippen LogP contribution in [-0.2, 0) is 11.9 Å². The smallest absolute Gasteiger partial charge is 0.270 e. The number of rotatable bonds is 5. The maximum absolute atomic E-state index is 10.7. The van der Waals surface area contributed by atoms with Crippen LogP contribution in [0.15, 0.2) is 34.1 Å². The third kappa shape index (κ3) is 3.77. The van der Waals surface area contributed by atoms with E-state index in [2.05, 4.69) is 31.9 Å². The molecule has 1 aromatic heterocycles. The number of alkyl halides is 1. The maximum atomic E-state index is 10.7. The third-order valence-corrected chi connectivity index (χ3v) is 4.67. The topological polar surface area (TPSA) is 52.4 Å². The van der Waals surface area contributed by atoms with E-state index in [9.17, 15) is 10.1 Å². The van der Waals surface area contributed by atoms with Gasteiger partial charge in [-0.25, -0.2) is 0 Å². The summed E-state index contributed by atoms with van der Waals surface area (Å²) in [7, 11) is 0. The lowest BCUT2D eigenvalue weighted by atomic mass is 10.2. The predicted octanol–water partition coefficient (Wildman–Crippen LogP) is 4.89. The first kappa shape index (κ1) is 14.5. The van der Waals surface area contributed by atoms with Gasteiger partial charge in [-0.05, 0) is 28.1 Å². The average Bonchev–Trinajstić information content (AvgIpc) is 2.81. The molecule has 0 unspecified atom stereocenters. The number of nitro benzene ring substituents is 1. The molecule has 7 heteroatoms. The van der Waals surface area contributed by atoms with Gasteiger partial charge in [0, 0.05) is 37.8 Å². The molecule has 0 N–H and O–H groups in total. The van der Waals surface area contributed by atoms with Gasteiger partial charge in [0.05, 0.1) is 4.92 Å². The molecule has 2 rings (SSSR count). The largest absolute Gasteiger partial charge is 0.488 e. The number of thiophene rings is 1. The number of hydrogen-bond donors (Lipinski definition) is 0.